The Kier molecular flexibility index (Phi) is 3.73. The molecule has 0 spiro atoms. The molecule has 4 heteroatoms. The topological polar surface area (TPSA) is 60.8 Å². The van der Waals surface area contributed by atoms with Crippen LogP contribution in [0.15, 0.2) is 0 Å². The molecule has 1 aliphatic rings. The van der Waals surface area contributed by atoms with E-state index in [1.165, 1.54) is 0 Å². The van der Waals surface area contributed by atoms with E-state index in [1.54, 1.807) is 13.8 Å². The van der Waals surface area contributed by atoms with Crippen molar-refractivity contribution >= 4 is 5.97 Å². The van der Waals surface area contributed by atoms with E-state index in [-0.39, 0.29) is 12.0 Å². The molecule has 1 aliphatic heterocycles. The van der Waals surface area contributed by atoms with Gasteiger partial charge >= 0.3 is 5.97 Å². The van der Waals surface area contributed by atoms with Gasteiger partial charge in [0.2, 0.25) is 0 Å². The molecule has 2 N–H and O–H groups in total. The molecule has 15 heavy (non-hydrogen) atoms. The third-order valence-electron chi connectivity index (χ3n) is 3.21. The summed E-state index contributed by atoms with van der Waals surface area (Å²) in [6, 6.07) is 0.0878. The molecule has 0 radical (unpaired) electrons. The number of likely N-dealkylation sites (tertiary alicyclic amines) is 1. The molecule has 88 valence electrons. The Hall–Kier alpha value is -0.610. The van der Waals surface area contributed by atoms with Gasteiger partial charge < -0.3 is 10.2 Å². The van der Waals surface area contributed by atoms with Crippen molar-refractivity contribution in [1.82, 2.24) is 4.90 Å². The summed E-state index contributed by atoms with van der Waals surface area (Å²) in [5, 5.41) is 18.5. The fourth-order valence-electron chi connectivity index (χ4n) is 2.07. The van der Waals surface area contributed by atoms with Crippen LogP contribution in [0.4, 0.5) is 0 Å². The number of aliphatic hydroxyl groups is 1. The molecular formula is C11H21NO3. The van der Waals surface area contributed by atoms with Crippen LogP contribution >= 0.6 is 0 Å². The highest BCUT2D eigenvalue weighted by molar-refractivity contribution is 5.71. The van der Waals surface area contributed by atoms with Gasteiger partial charge in [-0.2, -0.15) is 0 Å². The van der Waals surface area contributed by atoms with Crippen LogP contribution < -0.4 is 0 Å². The minimum Gasteiger partial charge on any atom is -0.481 e. The van der Waals surface area contributed by atoms with Crippen LogP contribution in [0.3, 0.4) is 0 Å². The molecule has 4 nitrogen and oxygen atoms in total. The van der Waals surface area contributed by atoms with Crippen LogP contribution in [0.25, 0.3) is 0 Å². The van der Waals surface area contributed by atoms with Crippen molar-refractivity contribution in [2.24, 2.45) is 5.92 Å². The van der Waals surface area contributed by atoms with Gasteiger partial charge in [-0.05, 0) is 40.2 Å². The summed E-state index contributed by atoms with van der Waals surface area (Å²) in [6.07, 6.45) is 1.41. The van der Waals surface area contributed by atoms with E-state index in [1.807, 2.05) is 6.92 Å². The number of hydrogen-bond donors (Lipinski definition) is 2. The summed E-state index contributed by atoms with van der Waals surface area (Å²) in [6.45, 7) is 7.11. The second-order valence-electron chi connectivity index (χ2n) is 5.07. The van der Waals surface area contributed by atoms with Crippen molar-refractivity contribution < 1.29 is 15.0 Å². The molecular weight excluding hydrogens is 194 g/mol. The van der Waals surface area contributed by atoms with E-state index in [4.69, 9.17) is 5.11 Å². The number of nitrogens with zero attached hydrogens (tertiary/aromatic N) is 1. The monoisotopic (exact) mass is 215 g/mol. The molecule has 0 aromatic rings. The van der Waals surface area contributed by atoms with Crippen molar-refractivity contribution in [3.63, 3.8) is 0 Å². The van der Waals surface area contributed by atoms with Gasteiger partial charge in [0.25, 0.3) is 0 Å². The predicted molar refractivity (Wildman–Crippen MR) is 57.7 cm³/mol. The number of rotatable bonds is 4. The summed E-state index contributed by atoms with van der Waals surface area (Å²) in [5.74, 6) is -0.944. The SMILES string of the molecule is CC1C(C(=O)O)CCN1CCC(C)(C)O. The summed E-state index contributed by atoms with van der Waals surface area (Å²) >= 11 is 0. The average Bonchev–Trinajstić information content (AvgIpc) is 2.42. The summed E-state index contributed by atoms with van der Waals surface area (Å²) < 4.78 is 0. The molecule has 0 aliphatic carbocycles. The fourth-order valence-corrected chi connectivity index (χ4v) is 2.07. The quantitative estimate of drug-likeness (QED) is 0.732. The second-order valence-corrected chi connectivity index (χ2v) is 5.07. The Bertz CT molecular complexity index is 234. The minimum atomic E-state index is -0.701. The number of carboxylic acids is 1. The van der Waals surface area contributed by atoms with E-state index < -0.39 is 11.6 Å². The van der Waals surface area contributed by atoms with Crippen molar-refractivity contribution in [2.45, 2.75) is 45.3 Å². The molecule has 2 atom stereocenters. The van der Waals surface area contributed by atoms with E-state index in [9.17, 15) is 9.90 Å². The number of aliphatic carboxylic acids is 1. The zero-order chi connectivity index (χ0) is 11.6. The Morgan fingerprint density at radius 3 is 2.53 bits per heavy atom. The van der Waals surface area contributed by atoms with Crippen molar-refractivity contribution in [3.05, 3.63) is 0 Å². The van der Waals surface area contributed by atoms with Crippen LogP contribution in [0, 0.1) is 5.92 Å². The Balaban J connectivity index is 2.43. The van der Waals surface area contributed by atoms with Crippen LogP contribution in [0.1, 0.15) is 33.6 Å². The maximum atomic E-state index is 10.9. The molecule has 1 saturated heterocycles. The van der Waals surface area contributed by atoms with Crippen molar-refractivity contribution in [1.29, 1.82) is 0 Å². The molecule has 0 amide bonds. The lowest BCUT2D eigenvalue weighted by Crippen LogP contribution is -2.36. The first-order chi connectivity index (χ1) is 6.81. The van der Waals surface area contributed by atoms with E-state index >= 15 is 0 Å². The maximum absolute atomic E-state index is 10.9. The summed E-state index contributed by atoms with van der Waals surface area (Å²) in [5.41, 5.74) is -0.666. The van der Waals surface area contributed by atoms with Gasteiger partial charge in [-0.15, -0.1) is 0 Å². The van der Waals surface area contributed by atoms with Gasteiger partial charge in [0.15, 0.2) is 0 Å². The third kappa shape index (κ3) is 3.47. The Labute approximate surface area is 90.9 Å². The number of hydrogen-bond acceptors (Lipinski definition) is 3. The molecule has 0 bridgehead atoms. The normalized spacial score (nSPS) is 28.3. The molecule has 1 fully saturated rings. The highest BCUT2D eigenvalue weighted by Gasteiger charge is 2.35. The van der Waals surface area contributed by atoms with Crippen molar-refractivity contribution in [3.8, 4) is 0 Å². The van der Waals surface area contributed by atoms with Crippen LogP contribution in [-0.2, 0) is 4.79 Å². The van der Waals surface area contributed by atoms with E-state index in [2.05, 4.69) is 4.90 Å². The lowest BCUT2D eigenvalue weighted by Gasteiger charge is -2.26. The Morgan fingerprint density at radius 2 is 2.13 bits per heavy atom. The molecule has 0 aromatic carbocycles. The number of carboxylic acid groups (broad SMARTS) is 1. The minimum absolute atomic E-state index is 0.0878. The van der Waals surface area contributed by atoms with Crippen LogP contribution in [0.5, 0.6) is 0 Å². The fraction of sp³-hybridized carbons (Fsp3) is 0.909. The average molecular weight is 215 g/mol. The van der Waals surface area contributed by atoms with Gasteiger partial charge in [0.05, 0.1) is 11.5 Å². The zero-order valence-electron chi connectivity index (χ0n) is 9.73. The standard InChI is InChI=1S/C11H21NO3/c1-8-9(10(13)14)4-6-12(8)7-5-11(2,3)15/h8-9,15H,4-7H2,1-3H3,(H,13,14). The second kappa shape index (κ2) is 4.49. The number of carbonyl (C=O) groups is 1. The van der Waals surface area contributed by atoms with E-state index in [0.29, 0.717) is 6.42 Å². The molecule has 0 saturated carbocycles. The van der Waals surface area contributed by atoms with Gasteiger partial charge in [-0.1, -0.05) is 0 Å². The lowest BCUT2D eigenvalue weighted by molar-refractivity contribution is -0.142. The first kappa shape index (κ1) is 12.5. The smallest absolute Gasteiger partial charge is 0.308 e. The first-order valence-corrected chi connectivity index (χ1v) is 5.50. The predicted octanol–water partition coefficient (Wildman–Crippen LogP) is 0.942. The van der Waals surface area contributed by atoms with E-state index in [0.717, 1.165) is 19.5 Å². The third-order valence-corrected chi connectivity index (χ3v) is 3.21. The Morgan fingerprint density at radius 1 is 1.53 bits per heavy atom. The molecule has 2 unspecified atom stereocenters. The first-order valence-electron chi connectivity index (χ1n) is 5.50. The van der Waals surface area contributed by atoms with Gasteiger partial charge in [0.1, 0.15) is 0 Å². The molecule has 1 heterocycles. The molecule has 0 aromatic heterocycles. The van der Waals surface area contributed by atoms with Gasteiger partial charge in [-0.3, -0.25) is 9.69 Å². The molecule has 1 rings (SSSR count). The maximum Gasteiger partial charge on any atom is 0.308 e. The largest absolute Gasteiger partial charge is 0.481 e. The van der Waals surface area contributed by atoms with Crippen molar-refractivity contribution in [2.75, 3.05) is 13.1 Å². The zero-order valence-corrected chi connectivity index (χ0v) is 9.73. The van der Waals surface area contributed by atoms with Crippen LogP contribution in [0.2, 0.25) is 0 Å². The highest BCUT2D eigenvalue weighted by atomic mass is 16.4. The van der Waals surface area contributed by atoms with Gasteiger partial charge in [-0.25, -0.2) is 0 Å². The highest BCUT2D eigenvalue weighted by Crippen LogP contribution is 2.25. The summed E-state index contributed by atoms with van der Waals surface area (Å²) in [4.78, 5) is 13.0. The van der Waals surface area contributed by atoms with Crippen LogP contribution in [-0.4, -0.2) is 45.8 Å². The summed E-state index contributed by atoms with van der Waals surface area (Å²) in [7, 11) is 0. The van der Waals surface area contributed by atoms with Gasteiger partial charge in [0, 0.05) is 12.6 Å². The lowest BCUT2D eigenvalue weighted by atomic mass is 10.0.